The van der Waals surface area contributed by atoms with Gasteiger partial charge in [-0.2, -0.15) is 0 Å². The molecule has 3 aromatic rings. The Morgan fingerprint density at radius 2 is 2.00 bits per heavy atom. The maximum absolute atomic E-state index is 12.3. The van der Waals surface area contributed by atoms with Gasteiger partial charge in [0.15, 0.2) is 5.13 Å². The topological polar surface area (TPSA) is 89.5 Å². The van der Waals surface area contributed by atoms with E-state index in [0.717, 1.165) is 5.56 Å². The van der Waals surface area contributed by atoms with Gasteiger partial charge < -0.3 is 14.8 Å². The number of hydrogen-bond donors (Lipinski definition) is 2. The number of hydrogen-bond acceptors (Lipinski definition) is 7. The molecule has 3 rings (SSSR count). The van der Waals surface area contributed by atoms with Gasteiger partial charge in [0.2, 0.25) is 5.91 Å². The highest BCUT2D eigenvalue weighted by atomic mass is 32.1. The number of thiophene rings is 1. The third-order valence-corrected chi connectivity index (χ3v) is 5.50. The van der Waals surface area contributed by atoms with Crippen LogP contribution in [0.4, 0.5) is 5.13 Å². The molecule has 9 heteroatoms. The zero-order valence-corrected chi connectivity index (χ0v) is 17.0. The Morgan fingerprint density at radius 3 is 2.71 bits per heavy atom. The lowest BCUT2D eigenvalue weighted by molar-refractivity contribution is -0.120. The van der Waals surface area contributed by atoms with Crippen LogP contribution in [0.25, 0.3) is 0 Å². The third kappa shape index (κ3) is 5.08. The van der Waals surface area contributed by atoms with Crippen LogP contribution in [0.5, 0.6) is 11.5 Å². The standard InChI is InChI=1S/C19H19N3O4S2/c1-25-14-5-6-15(26-2)12(8-14)10-20-17(23)9-13-11-28-19(21-13)22-18(24)16-4-3-7-27-16/h3-8,11H,9-10H2,1-2H3,(H,20,23)(H,21,22,24). The second-order valence-electron chi connectivity index (χ2n) is 5.71. The third-order valence-electron chi connectivity index (χ3n) is 3.82. The number of carbonyl (C=O) groups is 2. The molecule has 0 saturated heterocycles. The predicted molar refractivity (Wildman–Crippen MR) is 109 cm³/mol. The van der Waals surface area contributed by atoms with Gasteiger partial charge in [0.25, 0.3) is 5.91 Å². The molecule has 0 spiro atoms. The highest BCUT2D eigenvalue weighted by molar-refractivity contribution is 7.14. The first-order valence-corrected chi connectivity index (χ1v) is 10.1. The van der Waals surface area contributed by atoms with Crippen LogP contribution in [0.2, 0.25) is 0 Å². The van der Waals surface area contributed by atoms with Crippen LogP contribution in [-0.2, 0) is 17.8 Å². The van der Waals surface area contributed by atoms with E-state index in [9.17, 15) is 9.59 Å². The quantitative estimate of drug-likeness (QED) is 0.587. The normalized spacial score (nSPS) is 10.4. The van der Waals surface area contributed by atoms with Crippen molar-refractivity contribution in [3.05, 3.63) is 57.2 Å². The second-order valence-corrected chi connectivity index (χ2v) is 7.51. The van der Waals surface area contributed by atoms with Gasteiger partial charge in [0.1, 0.15) is 11.5 Å². The fourth-order valence-electron chi connectivity index (χ4n) is 2.45. The Hall–Kier alpha value is -2.91. The van der Waals surface area contributed by atoms with Crippen molar-refractivity contribution >= 4 is 39.6 Å². The number of benzene rings is 1. The smallest absolute Gasteiger partial charge is 0.267 e. The molecule has 0 atom stereocenters. The molecule has 28 heavy (non-hydrogen) atoms. The summed E-state index contributed by atoms with van der Waals surface area (Å²) in [6.45, 7) is 0.311. The minimum Gasteiger partial charge on any atom is -0.497 e. The molecule has 2 N–H and O–H groups in total. The summed E-state index contributed by atoms with van der Waals surface area (Å²) in [5, 5.41) is 9.66. The summed E-state index contributed by atoms with van der Waals surface area (Å²) in [6.07, 6.45) is 0.123. The molecule has 0 aliphatic carbocycles. The molecule has 0 unspecified atom stereocenters. The van der Waals surface area contributed by atoms with E-state index in [-0.39, 0.29) is 18.2 Å². The molecule has 0 saturated carbocycles. The first kappa shape index (κ1) is 19.8. The van der Waals surface area contributed by atoms with E-state index < -0.39 is 0 Å². The van der Waals surface area contributed by atoms with Crippen LogP contribution in [-0.4, -0.2) is 31.0 Å². The van der Waals surface area contributed by atoms with E-state index >= 15 is 0 Å². The predicted octanol–water partition coefficient (Wildman–Crippen LogP) is 3.33. The summed E-state index contributed by atoms with van der Waals surface area (Å²) in [5.74, 6) is 0.987. The highest BCUT2D eigenvalue weighted by Gasteiger charge is 2.12. The fraction of sp³-hybridized carbons (Fsp3) is 0.211. The molecule has 0 aliphatic rings. The van der Waals surface area contributed by atoms with Crippen molar-refractivity contribution in [1.29, 1.82) is 0 Å². The first-order valence-electron chi connectivity index (χ1n) is 8.36. The number of thiazole rings is 1. The minimum atomic E-state index is -0.203. The van der Waals surface area contributed by atoms with E-state index in [0.29, 0.717) is 33.7 Å². The number of carbonyl (C=O) groups excluding carboxylic acids is 2. The zero-order valence-electron chi connectivity index (χ0n) is 15.4. The van der Waals surface area contributed by atoms with Gasteiger partial charge >= 0.3 is 0 Å². The maximum Gasteiger partial charge on any atom is 0.267 e. The lowest BCUT2D eigenvalue weighted by Crippen LogP contribution is -2.25. The van der Waals surface area contributed by atoms with Gasteiger partial charge in [-0.25, -0.2) is 4.98 Å². The Bertz CT molecular complexity index is 954. The Kier molecular flexibility index (Phi) is 6.62. The lowest BCUT2D eigenvalue weighted by atomic mass is 10.2. The monoisotopic (exact) mass is 417 g/mol. The van der Waals surface area contributed by atoms with Crippen LogP contribution in [0.15, 0.2) is 41.1 Å². The van der Waals surface area contributed by atoms with Crippen molar-refractivity contribution in [2.45, 2.75) is 13.0 Å². The molecule has 0 bridgehead atoms. The van der Waals surface area contributed by atoms with E-state index in [1.54, 1.807) is 37.8 Å². The minimum absolute atomic E-state index is 0.123. The highest BCUT2D eigenvalue weighted by Crippen LogP contribution is 2.24. The van der Waals surface area contributed by atoms with Gasteiger partial charge in [-0.1, -0.05) is 6.07 Å². The summed E-state index contributed by atoms with van der Waals surface area (Å²) in [7, 11) is 3.16. The molecule has 2 heterocycles. The molecule has 0 fully saturated rings. The Morgan fingerprint density at radius 1 is 1.14 bits per heavy atom. The van der Waals surface area contributed by atoms with Crippen molar-refractivity contribution in [2.24, 2.45) is 0 Å². The first-order chi connectivity index (χ1) is 13.6. The lowest BCUT2D eigenvalue weighted by Gasteiger charge is -2.11. The van der Waals surface area contributed by atoms with Crippen LogP contribution in [0.3, 0.4) is 0 Å². The summed E-state index contributed by atoms with van der Waals surface area (Å²) >= 11 is 2.65. The van der Waals surface area contributed by atoms with Crippen LogP contribution in [0, 0.1) is 0 Å². The number of rotatable bonds is 8. The van der Waals surface area contributed by atoms with Crippen molar-refractivity contribution in [3.8, 4) is 11.5 Å². The maximum atomic E-state index is 12.3. The fourth-order valence-corrected chi connectivity index (χ4v) is 3.78. The van der Waals surface area contributed by atoms with E-state index in [1.807, 2.05) is 17.5 Å². The number of nitrogens with zero attached hydrogens (tertiary/aromatic N) is 1. The van der Waals surface area contributed by atoms with Crippen LogP contribution < -0.4 is 20.1 Å². The second kappa shape index (κ2) is 9.34. The van der Waals surface area contributed by atoms with Gasteiger partial charge in [-0.3, -0.25) is 14.9 Å². The number of nitrogens with one attached hydrogen (secondary N) is 2. The molecule has 146 valence electrons. The molecule has 7 nitrogen and oxygen atoms in total. The Balaban J connectivity index is 1.54. The molecular weight excluding hydrogens is 398 g/mol. The van der Waals surface area contributed by atoms with Crippen molar-refractivity contribution in [3.63, 3.8) is 0 Å². The van der Waals surface area contributed by atoms with Gasteiger partial charge in [-0.05, 0) is 29.6 Å². The van der Waals surface area contributed by atoms with Crippen LogP contribution in [0.1, 0.15) is 20.9 Å². The summed E-state index contributed by atoms with van der Waals surface area (Å²) < 4.78 is 10.5. The zero-order chi connectivity index (χ0) is 19.9. The summed E-state index contributed by atoms with van der Waals surface area (Å²) in [5.41, 5.74) is 1.42. The SMILES string of the molecule is COc1ccc(OC)c(CNC(=O)Cc2csc(NC(=O)c3cccs3)n2)c1. The molecular formula is C19H19N3O4S2. The average Bonchev–Trinajstić information content (AvgIpc) is 3.38. The average molecular weight is 418 g/mol. The molecule has 2 aromatic heterocycles. The number of methoxy groups -OCH3 is 2. The van der Waals surface area contributed by atoms with Gasteiger partial charge in [0, 0.05) is 17.5 Å². The van der Waals surface area contributed by atoms with Crippen molar-refractivity contribution < 1.29 is 19.1 Å². The largest absolute Gasteiger partial charge is 0.497 e. The summed E-state index contributed by atoms with van der Waals surface area (Å²) in [4.78, 5) is 29.2. The van der Waals surface area contributed by atoms with Gasteiger partial charge in [-0.15, -0.1) is 22.7 Å². The van der Waals surface area contributed by atoms with Crippen molar-refractivity contribution in [2.75, 3.05) is 19.5 Å². The van der Waals surface area contributed by atoms with Gasteiger partial charge in [0.05, 0.1) is 31.2 Å². The van der Waals surface area contributed by atoms with E-state index in [2.05, 4.69) is 15.6 Å². The molecule has 0 aliphatic heterocycles. The number of aromatic nitrogens is 1. The van der Waals surface area contributed by atoms with Crippen molar-refractivity contribution in [1.82, 2.24) is 10.3 Å². The number of amides is 2. The molecule has 1 aromatic carbocycles. The Labute approximate surface area is 170 Å². The van der Waals surface area contributed by atoms with Crippen LogP contribution >= 0.6 is 22.7 Å². The summed E-state index contributed by atoms with van der Waals surface area (Å²) in [6, 6.07) is 8.97. The number of anilines is 1. The number of ether oxygens (including phenoxy) is 2. The molecule has 2 amide bonds. The van der Waals surface area contributed by atoms with E-state index in [1.165, 1.54) is 22.7 Å². The molecule has 0 radical (unpaired) electrons. The van der Waals surface area contributed by atoms with E-state index in [4.69, 9.17) is 9.47 Å².